The summed E-state index contributed by atoms with van der Waals surface area (Å²) in [5, 5.41) is 2.83. The van der Waals surface area contributed by atoms with E-state index in [1.807, 2.05) is 14.0 Å². The van der Waals surface area contributed by atoms with E-state index in [-0.39, 0.29) is 11.9 Å². The lowest BCUT2D eigenvalue weighted by Gasteiger charge is -2.38. The number of nitrogens with one attached hydrogen (secondary N) is 1. The number of hydrogen-bond donors (Lipinski definition) is 1. The molecule has 5 nitrogen and oxygen atoms in total. The monoisotopic (exact) mass is 266 g/mol. The lowest BCUT2D eigenvalue weighted by atomic mass is 10.1. The molecule has 1 saturated heterocycles. The molecule has 1 N–H and O–H groups in total. The van der Waals surface area contributed by atoms with Crippen molar-refractivity contribution in [2.45, 2.75) is 13.0 Å². The van der Waals surface area contributed by atoms with E-state index in [2.05, 4.69) is 15.2 Å². The van der Waals surface area contributed by atoms with Gasteiger partial charge in [0, 0.05) is 32.7 Å². The zero-order chi connectivity index (χ0) is 14.0. The molecule has 19 heavy (non-hydrogen) atoms. The highest BCUT2D eigenvalue weighted by Gasteiger charge is 2.28. The minimum atomic E-state index is -0.496. The van der Waals surface area contributed by atoms with E-state index >= 15 is 0 Å². The second-order valence-electron chi connectivity index (χ2n) is 4.91. The summed E-state index contributed by atoms with van der Waals surface area (Å²) < 4.78 is 13.3. The van der Waals surface area contributed by atoms with Crippen molar-refractivity contribution in [3.63, 3.8) is 0 Å². The van der Waals surface area contributed by atoms with Gasteiger partial charge >= 0.3 is 0 Å². The molecule has 1 aliphatic heterocycles. The molecule has 0 saturated carbocycles. The molecule has 0 bridgehead atoms. The zero-order valence-corrected chi connectivity index (χ0v) is 11.5. The summed E-state index contributed by atoms with van der Waals surface area (Å²) in [7, 11) is 3.70. The number of aromatic nitrogens is 1. The zero-order valence-electron chi connectivity index (χ0n) is 11.5. The third-order valence-corrected chi connectivity index (χ3v) is 3.41. The molecule has 1 aromatic heterocycles. The third kappa shape index (κ3) is 2.84. The third-order valence-electron chi connectivity index (χ3n) is 3.41. The van der Waals surface area contributed by atoms with Crippen molar-refractivity contribution >= 4 is 11.7 Å². The fourth-order valence-corrected chi connectivity index (χ4v) is 2.40. The summed E-state index contributed by atoms with van der Waals surface area (Å²) in [6, 6.07) is 1.35. The Morgan fingerprint density at radius 2 is 2.26 bits per heavy atom. The number of anilines is 1. The second-order valence-corrected chi connectivity index (χ2v) is 4.91. The number of amides is 1. The highest BCUT2D eigenvalue weighted by atomic mass is 19.1. The van der Waals surface area contributed by atoms with E-state index in [1.54, 1.807) is 11.9 Å². The van der Waals surface area contributed by atoms with Crippen LogP contribution in [0, 0.1) is 5.82 Å². The maximum absolute atomic E-state index is 13.3. The summed E-state index contributed by atoms with van der Waals surface area (Å²) in [5.41, 5.74) is 0.291. The van der Waals surface area contributed by atoms with E-state index in [4.69, 9.17) is 0 Å². The molecule has 1 fully saturated rings. The van der Waals surface area contributed by atoms with E-state index in [0.29, 0.717) is 17.9 Å². The first kappa shape index (κ1) is 13.7. The van der Waals surface area contributed by atoms with Crippen molar-refractivity contribution < 1.29 is 9.18 Å². The maximum Gasteiger partial charge on any atom is 0.258 e. The van der Waals surface area contributed by atoms with E-state index in [1.165, 1.54) is 6.07 Å². The van der Waals surface area contributed by atoms with Crippen molar-refractivity contribution in [2.75, 3.05) is 39.0 Å². The van der Waals surface area contributed by atoms with Gasteiger partial charge in [-0.15, -0.1) is 0 Å². The van der Waals surface area contributed by atoms with Crippen molar-refractivity contribution in [3.8, 4) is 0 Å². The number of piperazine rings is 1. The average molecular weight is 266 g/mol. The molecule has 104 valence electrons. The Hall–Kier alpha value is -1.69. The predicted molar refractivity (Wildman–Crippen MR) is 71.7 cm³/mol. The maximum atomic E-state index is 13.3. The first-order chi connectivity index (χ1) is 9.02. The van der Waals surface area contributed by atoms with Crippen LogP contribution in [-0.2, 0) is 0 Å². The Kier molecular flexibility index (Phi) is 3.99. The van der Waals surface area contributed by atoms with Gasteiger partial charge in [0.25, 0.3) is 5.91 Å². The molecule has 1 aromatic rings. The number of likely N-dealkylation sites (N-methyl/N-ethyl adjacent to an activating group) is 1. The minimum absolute atomic E-state index is 0.110. The average Bonchev–Trinajstić information content (AvgIpc) is 2.38. The smallest absolute Gasteiger partial charge is 0.258 e. The second kappa shape index (κ2) is 5.52. The summed E-state index contributed by atoms with van der Waals surface area (Å²) >= 11 is 0. The first-order valence-electron chi connectivity index (χ1n) is 6.35. The van der Waals surface area contributed by atoms with Crippen LogP contribution in [-0.4, -0.2) is 60.5 Å². The number of halogens is 1. The van der Waals surface area contributed by atoms with Crippen LogP contribution in [0.2, 0.25) is 0 Å². The number of carbonyl (C=O) groups is 1. The SMILES string of the molecule is CNc1ncc(F)cc1C(=O)N1CCN(C)CC1C. The minimum Gasteiger partial charge on any atom is -0.372 e. The van der Waals surface area contributed by atoms with Gasteiger partial charge in [0.05, 0.1) is 11.8 Å². The number of hydrogen-bond acceptors (Lipinski definition) is 4. The van der Waals surface area contributed by atoms with Crippen LogP contribution in [0.3, 0.4) is 0 Å². The van der Waals surface area contributed by atoms with Crippen molar-refractivity contribution in [3.05, 3.63) is 23.6 Å². The summed E-state index contributed by atoms with van der Waals surface area (Å²) in [6.07, 6.45) is 1.11. The van der Waals surface area contributed by atoms with Gasteiger partial charge < -0.3 is 15.1 Å². The molecular formula is C13H19FN4O. The molecule has 0 radical (unpaired) electrons. The molecule has 1 aliphatic rings. The molecular weight excluding hydrogens is 247 g/mol. The topological polar surface area (TPSA) is 48.5 Å². The molecule has 1 atom stereocenters. The summed E-state index contributed by atoms with van der Waals surface area (Å²) in [5.74, 6) is -0.251. The quantitative estimate of drug-likeness (QED) is 0.869. The Labute approximate surface area is 112 Å². The molecule has 0 aromatic carbocycles. The Balaban J connectivity index is 2.26. The molecule has 1 unspecified atom stereocenters. The van der Waals surface area contributed by atoms with Gasteiger partial charge in [-0.2, -0.15) is 0 Å². The van der Waals surface area contributed by atoms with Crippen LogP contribution in [0.4, 0.5) is 10.2 Å². The number of carbonyl (C=O) groups excluding carboxylic acids is 1. The van der Waals surface area contributed by atoms with Gasteiger partial charge in [-0.05, 0) is 20.0 Å². The normalized spacial score (nSPS) is 20.4. The Morgan fingerprint density at radius 1 is 1.53 bits per heavy atom. The van der Waals surface area contributed by atoms with Crippen molar-refractivity contribution in [1.82, 2.24) is 14.8 Å². The van der Waals surface area contributed by atoms with Crippen LogP contribution in [0.25, 0.3) is 0 Å². The predicted octanol–water partition coefficient (Wildman–Crippen LogP) is 1.04. The molecule has 1 amide bonds. The molecule has 6 heteroatoms. The van der Waals surface area contributed by atoms with Crippen LogP contribution in [0.1, 0.15) is 17.3 Å². The first-order valence-corrected chi connectivity index (χ1v) is 6.35. The van der Waals surface area contributed by atoms with Crippen LogP contribution < -0.4 is 5.32 Å². The van der Waals surface area contributed by atoms with Gasteiger partial charge in [0.1, 0.15) is 11.6 Å². The van der Waals surface area contributed by atoms with Crippen molar-refractivity contribution in [2.24, 2.45) is 0 Å². The van der Waals surface area contributed by atoms with Crippen molar-refractivity contribution in [1.29, 1.82) is 0 Å². The highest BCUT2D eigenvalue weighted by Crippen LogP contribution is 2.19. The van der Waals surface area contributed by atoms with Gasteiger partial charge in [-0.3, -0.25) is 4.79 Å². The number of pyridine rings is 1. The summed E-state index contributed by atoms with van der Waals surface area (Å²) in [6.45, 7) is 4.30. The fourth-order valence-electron chi connectivity index (χ4n) is 2.40. The highest BCUT2D eigenvalue weighted by molar-refractivity contribution is 5.99. The standard InChI is InChI=1S/C13H19FN4O/c1-9-8-17(3)4-5-18(9)13(19)11-6-10(14)7-16-12(11)15-2/h6-7,9H,4-5,8H2,1-3H3,(H,15,16). The lowest BCUT2D eigenvalue weighted by molar-refractivity contribution is 0.0533. The molecule has 2 heterocycles. The van der Waals surface area contributed by atoms with Gasteiger partial charge in [-0.1, -0.05) is 0 Å². The Bertz CT molecular complexity index is 480. The van der Waals surface area contributed by atoms with E-state index in [0.717, 1.165) is 19.3 Å². The Morgan fingerprint density at radius 3 is 2.89 bits per heavy atom. The van der Waals surface area contributed by atoms with E-state index in [9.17, 15) is 9.18 Å². The summed E-state index contributed by atoms with van der Waals surface area (Å²) in [4.78, 5) is 20.4. The largest absolute Gasteiger partial charge is 0.372 e. The van der Waals surface area contributed by atoms with Gasteiger partial charge in [0.15, 0.2) is 0 Å². The van der Waals surface area contributed by atoms with E-state index < -0.39 is 5.82 Å². The molecule has 0 spiro atoms. The van der Waals surface area contributed by atoms with Gasteiger partial charge in [-0.25, -0.2) is 9.37 Å². The lowest BCUT2D eigenvalue weighted by Crippen LogP contribution is -2.52. The van der Waals surface area contributed by atoms with Gasteiger partial charge in [0.2, 0.25) is 0 Å². The fraction of sp³-hybridized carbons (Fsp3) is 0.538. The number of nitrogens with zero attached hydrogens (tertiary/aromatic N) is 3. The van der Waals surface area contributed by atoms with Crippen LogP contribution in [0.5, 0.6) is 0 Å². The van der Waals surface area contributed by atoms with Crippen LogP contribution >= 0.6 is 0 Å². The molecule has 0 aliphatic carbocycles. The number of rotatable bonds is 2. The molecule has 2 rings (SSSR count). The van der Waals surface area contributed by atoms with Crippen LogP contribution in [0.15, 0.2) is 12.3 Å².